The lowest BCUT2D eigenvalue weighted by Crippen LogP contribution is -2.21. The van der Waals surface area contributed by atoms with Crippen LogP contribution in [0, 0.1) is 13.8 Å². The Bertz CT molecular complexity index is 665. The molecule has 0 aliphatic rings. The number of aryl methyl sites for hydroxylation is 2. The molecule has 0 fully saturated rings. The average Bonchev–Trinajstić information content (AvgIpc) is 2.45. The normalized spacial score (nSPS) is 10.0. The third-order valence-electron chi connectivity index (χ3n) is 2.89. The largest absolute Gasteiger partial charge is 0.452 e. The van der Waals surface area contributed by atoms with Crippen LogP contribution in [0.3, 0.4) is 0 Å². The highest BCUT2D eigenvalue weighted by Gasteiger charge is 2.10. The first kappa shape index (κ1) is 14.8. The standard InChI is InChI=1S/C17H17NO3/c1-12-5-3-7-14(9-12)17(20)21-11-16(19)18-15-8-4-6-13(2)10-15/h3-10H,11H2,1-2H3,(H,18,19). The van der Waals surface area contributed by atoms with Crippen molar-refractivity contribution in [2.45, 2.75) is 13.8 Å². The number of esters is 1. The molecule has 0 aliphatic heterocycles. The van der Waals surface area contributed by atoms with Crippen molar-refractivity contribution in [3.05, 3.63) is 65.2 Å². The first-order chi connectivity index (χ1) is 10.0. The summed E-state index contributed by atoms with van der Waals surface area (Å²) in [6, 6.07) is 14.5. The van der Waals surface area contributed by atoms with Crippen LogP contribution in [-0.2, 0) is 9.53 Å². The summed E-state index contributed by atoms with van der Waals surface area (Å²) in [7, 11) is 0. The Kier molecular flexibility index (Phi) is 4.72. The molecule has 2 aromatic rings. The van der Waals surface area contributed by atoms with Crippen molar-refractivity contribution in [1.29, 1.82) is 0 Å². The predicted octanol–water partition coefficient (Wildman–Crippen LogP) is 3.10. The second-order valence-corrected chi connectivity index (χ2v) is 4.86. The molecule has 4 nitrogen and oxygen atoms in total. The smallest absolute Gasteiger partial charge is 0.338 e. The van der Waals surface area contributed by atoms with E-state index in [9.17, 15) is 9.59 Å². The van der Waals surface area contributed by atoms with E-state index in [2.05, 4.69) is 5.32 Å². The summed E-state index contributed by atoms with van der Waals surface area (Å²) in [4.78, 5) is 23.5. The highest BCUT2D eigenvalue weighted by molar-refractivity contribution is 5.95. The molecule has 0 heterocycles. The van der Waals surface area contributed by atoms with Crippen molar-refractivity contribution in [3.8, 4) is 0 Å². The molecule has 1 amide bonds. The number of rotatable bonds is 4. The van der Waals surface area contributed by atoms with Gasteiger partial charge in [0, 0.05) is 5.69 Å². The number of amides is 1. The fourth-order valence-corrected chi connectivity index (χ4v) is 1.91. The van der Waals surface area contributed by atoms with Crippen LogP contribution >= 0.6 is 0 Å². The molecule has 0 saturated carbocycles. The highest BCUT2D eigenvalue weighted by Crippen LogP contribution is 2.09. The van der Waals surface area contributed by atoms with Crippen LogP contribution in [0.5, 0.6) is 0 Å². The SMILES string of the molecule is Cc1cccc(NC(=O)COC(=O)c2cccc(C)c2)c1. The van der Waals surface area contributed by atoms with Gasteiger partial charge < -0.3 is 10.1 Å². The van der Waals surface area contributed by atoms with Gasteiger partial charge in [-0.05, 0) is 43.7 Å². The van der Waals surface area contributed by atoms with Crippen molar-refractivity contribution in [2.24, 2.45) is 0 Å². The Labute approximate surface area is 123 Å². The van der Waals surface area contributed by atoms with E-state index in [1.807, 2.05) is 38.1 Å². The van der Waals surface area contributed by atoms with Gasteiger partial charge in [0.1, 0.15) is 0 Å². The first-order valence-corrected chi connectivity index (χ1v) is 6.65. The summed E-state index contributed by atoms with van der Waals surface area (Å²) in [6.07, 6.45) is 0. The molecule has 1 N–H and O–H groups in total. The third-order valence-corrected chi connectivity index (χ3v) is 2.89. The number of carbonyl (C=O) groups is 2. The molecule has 0 aliphatic carbocycles. The van der Waals surface area contributed by atoms with Gasteiger partial charge in [-0.2, -0.15) is 0 Å². The van der Waals surface area contributed by atoms with Crippen LogP contribution in [0.4, 0.5) is 5.69 Å². The van der Waals surface area contributed by atoms with Crippen LogP contribution in [0.2, 0.25) is 0 Å². The molecule has 0 spiro atoms. The first-order valence-electron chi connectivity index (χ1n) is 6.65. The molecular formula is C17H17NO3. The monoisotopic (exact) mass is 283 g/mol. The van der Waals surface area contributed by atoms with Gasteiger partial charge in [-0.15, -0.1) is 0 Å². The van der Waals surface area contributed by atoms with Crippen LogP contribution in [0.1, 0.15) is 21.5 Å². The van der Waals surface area contributed by atoms with Crippen molar-refractivity contribution in [3.63, 3.8) is 0 Å². The fourth-order valence-electron chi connectivity index (χ4n) is 1.91. The van der Waals surface area contributed by atoms with Crippen molar-refractivity contribution < 1.29 is 14.3 Å². The van der Waals surface area contributed by atoms with Gasteiger partial charge in [-0.3, -0.25) is 4.79 Å². The average molecular weight is 283 g/mol. The van der Waals surface area contributed by atoms with Gasteiger partial charge in [0.05, 0.1) is 5.56 Å². The van der Waals surface area contributed by atoms with E-state index in [0.717, 1.165) is 11.1 Å². The molecule has 0 unspecified atom stereocenters. The van der Waals surface area contributed by atoms with E-state index in [1.165, 1.54) is 0 Å². The minimum absolute atomic E-state index is 0.305. The molecule has 0 saturated heterocycles. The fraction of sp³-hybridized carbons (Fsp3) is 0.176. The van der Waals surface area contributed by atoms with Crippen LogP contribution in [0.25, 0.3) is 0 Å². The maximum atomic E-state index is 11.8. The topological polar surface area (TPSA) is 55.4 Å². The van der Waals surface area contributed by atoms with Crippen LogP contribution in [-0.4, -0.2) is 18.5 Å². The molecule has 108 valence electrons. The predicted molar refractivity (Wildman–Crippen MR) is 81.3 cm³/mol. The van der Waals surface area contributed by atoms with Gasteiger partial charge in [0.2, 0.25) is 0 Å². The summed E-state index contributed by atoms with van der Waals surface area (Å²) in [5, 5.41) is 2.68. The lowest BCUT2D eigenvalue weighted by Gasteiger charge is -2.07. The minimum Gasteiger partial charge on any atom is -0.452 e. The Morgan fingerprint density at radius 3 is 2.33 bits per heavy atom. The maximum absolute atomic E-state index is 11.8. The molecule has 2 aromatic carbocycles. The number of hydrogen-bond donors (Lipinski definition) is 1. The number of carbonyl (C=O) groups excluding carboxylic acids is 2. The molecule has 0 atom stereocenters. The minimum atomic E-state index is -0.502. The highest BCUT2D eigenvalue weighted by atomic mass is 16.5. The van der Waals surface area contributed by atoms with Crippen molar-refractivity contribution >= 4 is 17.6 Å². The second-order valence-electron chi connectivity index (χ2n) is 4.86. The number of anilines is 1. The van der Waals surface area contributed by atoms with Crippen LogP contribution < -0.4 is 5.32 Å². The van der Waals surface area contributed by atoms with Crippen molar-refractivity contribution in [1.82, 2.24) is 0 Å². The number of nitrogens with one attached hydrogen (secondary N) is 1. The van der Waals surface area contributed by atoms with Crippen molar-refractivity contribution in [2.75, 3.05) is 11.9 Å². The second kappa shape index (κ2) is 6.70. The number of benzene rings is 2. The molecule has 2 rings (SSSR count). The summed E-state index contributed by atoms with van der Waals surface area (Å²) in [6.45, 7) is 3.52. The summed E-state index contributed by atoms with van der Waals surface area (Å²) in [5.74, 6) is -0.861. The molecule has 0 radical (unpaired) electrons. The lowest BCUT2D eigenvalue weighted by atomic mass is 10.1. The molecule has 0 aromatic heterocycles. The molecular weight excluding hydrogens is 266 g/mol. The Morgan fingerprint density at radius 1 is 1.00 bits per heavy atom. The summed E-state index contributed by atoms with van der Waals surface area (Å²) < 4.78 is 5.00. The summed E-state index contributed by atoms with van der Waals surface area (Å²) in [5.41, 5.74) is 3.14. The maximum Gasteiger partial charge on any atom is 0.338 e. The van der Waals surface area contributed by atoms with Gasteiger partial charge in [-0.25, -0.2) is 4.79 Å². The molecule has 0 bridgehead atoms. The zero-order valence-corrected chi connectivity index (χ0v) is 12.1. The third kappa shape index (κ3) is 4.45. The number of hydrogen-bond acceptors (Lipinski definition) is 3. The van der Waals surface area contributed by atoms with Gasteiger partial charge in [0.25, 0.3) is 5.91 Å². The Morgan fingerprint density at radius 2 is 1.67 bits per heavy atom. The number of ether oxygens (including phenoxy) is 1. The van der Waals surface area contributed by atoms with Crippen LogP contribution in [0.15, 0.2) is 48.5 Å². The van der Waals surface area contributed by atoms with Gasteiger partial charge >= 0.3 is 5.97 Å². The zero-order chi connectivity index (χ0) is 15.2. The van der Waals surface area contributed by atoms with E-state index < -0.39 is 5.97 Å². The van der Waals surface area contributed by atoms with E-state index in [1.54, 1.807) is 24.3 Å². The lowest BCUT2D eigenvalue weighted by molar-refractivity contribution is -0.119. The summed E-state index contributed by atoms with van der Waals surface area (Å²) >= 11 is 0. The van der Waals surface area contributed by atoms with E-state index in [0.29, 0.717) is 11.3 Å². The molecule has 21 heavy (non-hydrogen) atoms. The van der Waals surface area contributed by atoms with E-state index in [-0.39, 0.29) is 12.5 Å². The Balaban J connectivity index is 1.88. The zero-order valence-electron chi connectivity index (χ0n) is 12.1. The Hall–Kier alpha value is -2.62. The van der Waals surface area contributed by atoms with E-state index in [4.69, 9.17) is 4.74 Å². The van der Waals surface area contributed by atoms with Gasteiger partial charge in [-0.1, -0.05) is 29.8 Å². The molecule has 4 heteroatoms. The van der Waals surface area contributed by atoms with Gasteiger partial charge in [0.15, 0.2) is 6.61 Å². The van der Waals surface area contributed by atoms with E-state index >= 15 is 0 Å². The quantitative estimate of drug-likeness (QED) is 0.877.